The van der Waals surface area contributed by atoms with Gasteiger partial charge in [0.15, 0.2) is 0 Å². The molecule has 6 nitrogen and oxygen atoms in total. The van der Waals surface area contributed by atoms with E-state index in [0.717, 1.165) is 0 Å². The number of aliphatic hydroxyl groups is 2. The maximum absolute atomic E-state index is 9.93. The normalized spacial score (nSPS) is 11.7. The van der Waals surface area contributed by atoms with Crippen molar-refractivity contribution in [2.45, 2.75) is 6.10 Å². The largest absolute Gasteiger partial charge is 0.469 e. The molecule has 13 heavy (non-hydrogen) atoms. The van der Waals surface area contributed by atoms with Crippen LogP contribution in [-0.4, -0.2) is 128 Å². The van der Waals surface area contributed by atoms with E-state index in [4.69, 9.17) is 20.0 Å². The summed E-state index contributed by atoms with van der Waals surface area (Å²) in [5.41, 5.74) is 0. The summed E-state index contributed by atoms with van der Waals surface area (Å²) in [5.74, 6) is 0. The number of aliphatic hydroxyl groups excluding tert-OH is 2. The van der Waals surface area contributed by atoms with Crippen LogP contribution in [-0.2, 0) is 9.09 Å². The van der Waals surface area contributed by atoms with E-state index in [2.05, 4.69) is 4.52 Å². The Balaban J connectivity index is -0.000000135. The third-order valence-electron chi connectivity index (χ3n) is 0.646. The standard InChI is InChI=1S/C3H9O6P.3Na/c4-1-3(5)2-9-10(6,7)8;;;/h3-5H,1-2H2,(H2,6,7,8);;;. The molecule has 0 amide bonds. The maximum Gasteiger partial charge on any atom is 0.469 e. The summed E-state index contributed by atoms with van der Waals surface area (Å²) >= 11 is 0. The van der Waals surface area contributed by atoms with Crippen LogP contribution in [0.15, 0.2) is 0 Å². The Morgan fingerprint density at radius 2 is 1.62 bits per heavy atom. The van der Waals surface area contributed by atoms with E-state index in [0.29, 0.717) is 0 Å². The van der Waals surface area contributed by atoms with Crippen molar-refractivity contribution in [3.05, 3.63) is 0 Å². The van der Waals surface area contributed by atoms with Gasteiger partial charge in [0.1, 0.15) is 6.10 Å². The molecule has 4 N–H and O–H groups in total. The fourth-order valence-corrected chi connectivity index (χ4v) is 0.602. The van der Waals surface area contributed by atoms with E-state index in [-0.39, 0.29) is 88.7 Å². The van der Waals surface area contributed by atoms with E-state index in [1.165, 1.54) is 0 Å². The number of hydrogen-bond acceptors (Lipinski definition) is 4. The van der Waals surface area contributed by atoms with Crippen molar-refractivity contribution in [1.82, 2.24) is 0 Å². The Kier molecular flexibility index (Phi) is 25.2. The second kappa shape index (κ2) is 13.1. The molecule has 0 fully saturated rings. The minimum atomic E-state index is -4.50. The Morgan fingerprint density at radius 3 is 1.85 bits per heavy atom. The van der Waals surface area contributed by atoms with Gasteiger partial charge in [-0.1, -0.05) is 0 Å². The van der Waals surface area contributed by atoms with Crippen molar-refractivity contribution in [3.63, 3.8) is 0 Å². The van der Waals surface area contributed by atoms with Crippen LogP contribution in [0, 0.1) is 0 Å². The summed E-state index contributed by atoms with van der Waals surface area (Å²) in [4.78, 5) is 16.1. The number of phosphoric ester groups is 1. The Bertz CT molecular complexity index is 139. The van der Waals surface area contributed by atoms with Gasteiger partial charge in [-0.05, 0) is 0 Å². The van der Waals surface area contributed by atoms with Crippen molar-refractivity contribution < 1.29 is 29.1 Å². The molecule has 0 aromatic carbocycles. The van der Waals surface area contributed by atoms with Crippen LogP contribution < -0.4 is 0 Å². The van der Waals surface area contributed by atoms with Crippen molar-refractivity contribution in [1.29, 1.82) is 0 Å². The molecule has 1 unspecified atom stereocenters. The molecular formula is C3H9Na3O6P. The van der Waals surface area contributed by atoms with E-state index >= 15 is 0 Å². The van der Waals surface area contributed by atoms with E-state index in [1.54, 1.807) is 0 Å². The van der Waals surface area contributed by atoms with Crippen LogP contribution in [0.5, 0.6) is 0 Å². The van der Waals surface area contributed by atoms with Crippen LogP contribution in [0.1, 0.15) is 0 Å². The van der Waals surface area contributed by atoms with Crippen LogP contribution in [0.2, 0.25) is 0 Å². The summed E-state index contributed by atoms with van der Waals surface area (Å²) in [6.45, 7) is -1.15. The van der Waals surface area contributed by atoms with Crippen LogP contribution in [0.3, 0.4) is 0 Å². The number of rotatable bonds is 4. The van der Waals surface area contributed by atoms with Gasteiger partial charge in [0.05, 0.1) is 13.2 Å². The first-order valence-corrected chi connectivity index (χ1v) is 3.98. The van der Waals surface area contributed by atoms with Crippen molar-refractivity contribution in [2.24, 2.45) is 0 Å². The summed E-state index contributed by atoms with van der Waals surface area (Å²) in [5, 5.41) is 16.7. The van der Waals surface area contributed by atoms with E-state index in [1.807, 2.05) is 0 Å². The number of hydrogen-bond donors (Lipinski definition) is 4. The van der Waals surface area contributed by atoms with E-state index < -0.39 is 27.1 Å². The van der Waals surface area contributed by atoms with Crippen molar-refractivity contribution >= 4 is 96.5 Å². The predicted molar refractivity (Wildman–Crippen MR) is 48.4 cm³/mol. The molecule has 0 rings (SSSR count). The molecule has 0 saturated carbocycles. The molecule has 0 spiro atoms. The molecule has 0 aliphatic heterocycles. The predicted octanol–water partition coefficient (Wildman–Crippen LogP) is -2.69. The molecule has 65 valence electrons. The summed E-state index contributed by atoms with van der Waals surface area (Å²) in [6.07, 6.45) is -1.24. The monoisotopic (exact) mass is 241 g/mol. The molecule has 10 heteroatoms. The van der Waals surface area contributed by atoms with E-state index in [9.17, 15) is 4.57 Å². The minimum Gasteiger partial charge on any atom is -0.394 e. The third-order valence-corrected chi connectivity index (χ3v) is 1.13. The van der Waals surface area contributed by atoms with Crippen molar-refractivity contribution in [3.8, 4) is 0 Å². The van der Waals surface area contributed by atoms with Crippen molar-refractivity contribution in [2.75, 3.05) is 13.2 Å². The van der Waals surface area contributed by atoms with Gasteiger partial charge in [-0.3, -0.25) is 4.52 Å². The van der Waals surface area contributed by atoms with Gasteiger partial charge in [0.2, 0.25) is 0 Å². The average Bonchev–Trinajstić information content (AvgIpc) is 1.81. The molecule has 0 bridgehead atoms. The third kappa shape index (κ3) is 21.0. The fraction of sp³-hybridized carbons (Fsp3) is 1.00. The molecule has 0 aromatic heterocycles. The average molecular weight is 241 g/mol. The Labute approximate surface area is 143 Å². The Hall–Kier alpha value is 3.03. The SMILES string of the molecule is O=P(O)(O)OCC(O)CO.[Na].[Na].[Na]. The molecule has 1 atom stereocenters. The molecule has 0 aliphatic carbocycles. The second-order valence-corrected chi connectivity index (χ2v) is 2.86. The Morgan fingerprint density at radius 1 is 1.23 bits per heavy atom. The zero-order valence-electron chi connectivity index (χ0n) is 8.04. The van der Waals surface area contributed by atoms with Gasteiger partial charge in [-0.25, -0.2) is 4.57 Å². The van der Waals surface area contributed by atoms with Gasteiger partial charge >= 0.3 is 7.82 Å². The second-order valence-electron chi connectivity index (χ2n) is 1.62. The molecule has 0 heterocycles. The zero-order valence-corrected chi connectivity index (χ0v) is 14.9. The molecule has 0 aliphatic rings. The first-order chi connectivity index (χ1) is 4.45. The van der Waals surface area contributed by atoms with Crippen LogP contribution in [0.4, 0.5) is 0 Å². The summed E-state index contributed by atoms with van der Waals surface area (Å²) in [6, 6.07) is 0. The summed E-state index contributed by atoms with van der Waals surface area (Å²) in [7, 11) is -4.50. The molecular weight excluding hydrogens is 232 g/mol. The smallest absolute Gasteiger partial charge is 0.394 e. The van der Waals surface area contributed by atoms with Crippen LogP contribution >= 0.6 is 7.82 Å². The van der Waals surface area contributed by atoms with Gasteiger partial charge in [0.25, 0.3) is 0 Å². The summed E-state index contributed by atoms with van der Waals surface area (Å²) < 4.78 is 13.8. The van der Waals surface area contributed by atoms with Gasteiger partial charge < -0.3 is 20.0 Å². The molecule has 0 saturated heterocycles. The fourth-order valence-electron chi connectivity index (χ4n) is 0.236. The van der Waals surface area contributed by atoms with Gasteiger partial charge in [-0.2, -0.15) is 0 Å². The van der Waals surface area contributed by atoms with Gasteiger partial charge in [-0.15, -0.1) is 0 Å². The van der Waals surface area contributed by atoms with Gasteiger partial charge in [0, 0.05) is 88.7 Å². The first kappa shape index (κ1) is 25.0. The topological polar surface area (TPSA) is 107 Å². The van der Waals surface area contributed by atoms with Crippen LogP contribution in [0.25, 0.3) is 0 Å². The number of phosphoric acid groups is 1. The quantitative estimate of drug-likeness (QED) is 0.315. The molecule has 0 aromatic rings. The molecule has 3 radical (unpaired) electrons. The minimum absolute atomic E-state index is 0. The zero-order chi connectivity index (χ0) is 8.20. The maximum atomic E-state index is 9.93. The first-order valence-electron chi connectivity index (χ1n) is 2.44.